The molecule has 0 aliphatic carbocycles. The van der Waals surface area contributed by atoms with Gasteiger partial charge in [-0.05, 0) is 54.0 Å². The van der Waals surface area contributed by atoms with Crippen LogP contribution in [0.5, 0.6) is 0 Å². The van der Waals surface area contributed by atoms with Crippen LogP contribution in [0, 0.1) is 0 Å². The smallest absolute Gasteiger partial charge is 0.0252 e. The minimum absolute atomic E-state index is 0.647. The zero-order valence-electron chi connectivity index (χ0n) is 10.4. The second kappa shape index (κ2) is 5.13. The fraction of sp³-hybridized carbons (Fsp3) is 1.00. The van der Waals surface area contributed by atoms with Crippen LogP contribution in [-0.2, 0) is 0 Å². The zero-order chi connectivity index (χ0) is 10.7. The van der Waals surface area contributed by atoms with Crippen molar-refractivity contribution in [2.45, 2.75) is 71.6 Å². The molecule has 1 aliphatic rings. The summed E-state index contributed by atoms with van der Waals surface area (Å²) in [7, 11) is 0. The Bertz CT molecular complexity index is 158. The molecule has 1 fully saturated rings. The molecule has 0 bridgehead atoms. The maximum absolute atomic E-state index is 3.58. The fourth-order valence-electron chi connectivity index (χ4n) is 2.80. The summed E-state index contributed by atoms with van der Waals surface area (Å²) in [6.45, 7) is 12.7. The summed E-state index contributed by atoms with van der Waals surface area (Å²) in [5, 5.41) is 3.58. The predicted octanol–water partition coefficient (Wildman–Crippen LogP) is 2.25. The number of nitrogens with zero attached hydrogens (tertiary/aromatic N) is 1. The predicted molar refractivity (Wildman–Crippen MR) is 62.6 cm³/mol. The van der Waals surface area contributed by atoms with E-state index in [1.165, 1.54) is 19.4 Å². The Labute approximate surface area is 89.1 Å². The fourth-order valence-corrected chi connectivity index (χ4v) is 2.80. The highest BCUT2D eigenvalue weighted by Crippen LogP contribution is 2.20. The molecule has 0 amide bonds. The van der Waals surface area contributed by atoms with E-state index in [-0.39, 0.29) is 0 Å². The van der Waals surface area contributed by atoms with Crippen LogP contribution < -0.4 is 5.32 Å². The van der Waals surface area contributed by atoms with Crippen molar-refractivity contribution in [3.8, 4) is 0 Å². The Hall–Kier alpha value is -0.0800. The van der Waals surface area contributed by atoms with E-state index in [9.17, 15) is 0 Å². The summed E-state index contributed by atoms with van der Waals surface area (Å²) in [5.74, 6) is 0. The van der Waals surface area contributed by atoms with E-state index in [2.05, 4.69) is 44.8 Å². The first-order valence-electron chi connectivity index (χ1n) is 6.05. The average Bonchev–Trinajstić information content (AvgIpc) is 2.07. The third kappa shape index (κ3) is 2.71. The van der Waals surface area contributed by atoms with Crippen molar-refractivity contribution >= 4 is 0 Å². The van der Waals surface area contributed by atoms with Crippen LogP contribution in [0.4, 0.5) is 0 Å². The lowest BCUT2D eigenvalue weighted by atomic mass is 9.95. The van der Waals surface area contributed by atoms with Crippen LogP contribution in [0.15, 0.2) is 0 Å². The van der Waals surface area contributed by atoms with Gasteiger partial charge >= 0.3 is 0 Å². The quantitative estimate of drug-likeness (QED) is 0.748. The molecule has 0 aromatic carbocycles. The molecule has 14 heavy (non-hydrogen) atoms. The molecule has 2 nitrogen and oxygen atoms in total. The van der Waals surface area contributed by atoms with Crippen molar-refractivity contribution in [1.29, 1.82) is 0 Å². The monoisotopic (exact) mass is 198 g/mol. The summed E-state index contributed by atoms with van der Waals surface area (Å²) in [6, 6.07) is 2.68. The van der Waals surface area contributed by atoms with Crippen molar-refractivity contribution in [2.24, 2.45) is 0 Å². The Balaban J connectivity index is 2.65. The molecule has 84 valence electrons. The van der Waals surface area contributed by atoms with E-state index < -0.39 is 0 Å². The van der Waals surface area contributed by atoms with Gasteiger partial charge in [-0.15, -0.1) is 0 Å². The summed E-state index contributed by atoms with van der Waals surface area (Å²) >= 11 is 0. The van der Waals surface area contributed by atoms with Crippen molar-refractivity contribution in [2.75, 3.05) is 6.54 Å². The summed E-state index contributed by atoms with van der Waals surface area (Å²) in [4.78, 5) is 2.65. The maximum atomic E-state index is 3.58. The molecular weight excluding hydrogens is 172 g/mol. The molecule has 2 heteroatoms. The van der Waals surface area contributed by atoms with Crippen molar-refractivity contribution in [3.63, 3.8) is 0 Å². The number of nitrogens with one attached hydrogen (secondary N) is 1. The van der Waals surface area contributed by atoms with Gasteiger partial charge in [0.25, 0.3) is 0 Å². The third-order valence-electron chi connectivity index (χ3n) is 3.30. The normalized spacial score (nSPS) is 29.1. The molecule has 0 spiro atoms. The molecule has 0 aromatic rings. The molecular formula is C12H26N2. The molecule has 1 rings (SSSR count). The van der Waals surface area contributed by atoms with E-state index in [0.29, 0.717) is 18.1 Å². The van der Waals surface area contributed by atoms with Gasteiger partial charge in [-0.1, -0.05) is 0 Å². The zero-order valence-corrected chi connectivity index (χ0v) is 10.4. The number of piperidine rings is 1. The molecule has 1 aliphatic heterocycles. The summed E-state index contributed by atoms with van der Waals surface area (Å²) in [5.41, 5.74) is 0. The highest BCUT2D eigenvalue weighted by molar-refractivity contribution is 4.88. The van der Waals surface area contributed by atoms with Crippen LogP contribution >= 0.6 is 0 Å². The Morgan fingerprint density at radius 2 is 1.71 bits per heavy atom. The molecule has 0 radical (unpaired) electrons. The van der Waals surface area contributed by atoms with E-state index in [1.807, 2.05) is 0 Å². The van der Waals surface area contributed by atoms with Gasteiger partial charge in [0.1, 0.15) is 0 Å². The molecule has 0 aromatic heterocycles. The van der Waals surface area contributed by atoms with E-state index >= 15 is 0 Å². The Kier molecular flexibility index (Phi) is 4.39. The topological polar surface area (TPSA) is 15.3 Å². The Morgan fingerprint density at radius 1 is 1.14 bits per heavy atom. The number of hydrogen-bond donors (Lipinski definition) is 1. The lowest BCUT2D eigenvalue weighted by Crippen LogP contribution is -2.56. The highest BCUT2D eigenvalue weighted by atomic mass is 15.2. The van der Waals surface area contributed by atoms with Gasteiger partial charge in [-0.2, -0.15) is 0 Å². The maximum Gasteiger partial charge on any atom is 0.0252 e. The van der Waals surface area contributed by atoms with Crippen molar-refractivity contribution in [3.05, 3.63) is 0 Å². The first kappa shape index (κ1) is 12.0. The lowest BCUT2D eigenvalue weighted by molar-refractivity contribution is 0.0706. The molecule has 2 unspecified atom stereocenters. The molecule has 1 heterocycles. The third-order valence-corrected chi connectivity index (χ3v) is 3.30. The number of rotatable bonds is 3. The first-order chi connectivity index (χ1) is 6.54. The number of hydrogen-bond acceptors (Lipinski definition) is 2. The molecule has 1 saturated heterocycles. The van der Waals surface area contributed by atoms with E-state index in [4.69, 9.17) is 0 Å². The largest absolute Gasteiger partial charge is 0.313 e. The summed E-state index contributed by atoms with van der Waals surface area (Å²) in [6.07, 6.45) is 2.68. The van der Waals surface area contributed by atoms with Crippen LogP contribution in [0.2, 0.25) is 0 Å². The highest BCUT2D eigenvalue weighted by Gasteiger charge is 2.29. The second-order valence-corrected chi connectivity index (χ2v) is 5.09. The molecule has 1 N–H and O–H groups in total. The molecule has 2 atom stereocenters. The molecule has 0 saturated carbocycles. The van der Waals surface area contributed by atoms with Gasteiger partial charge in [0.2, 0.25) is 0 Å². The van der Waals surface area contributed by atoms with E-state index in [0.717, 1.165) is 6.04 Å². The van der Waals surface area contributed by atoms with Crippen LogP contribution in [0.3, 0.4) is 0 Å². The van der Waals surface area contributed by atoms with Crippen LogP contribution in [-0.4, -0.2) is 35.6 Å². The van der Waals surface area contributed by atoms with Gasteiger partial charge in [-0.3, -0.25) is 4.90 Å². The van der Waals surface area contributed by atoms with Crippen molar-refractivity contribution in [1.82, 2.24) is 10.2 Å². The minimum atomic E-state index is 0.647. The SMILES string of the molecule is CC1NCCCC1N(C(C)C)C(C)C. The first-order valence-corrected chi connectivity index (χ1v) is 6.05. The Morgan fingerprint density at radius 3 is 2.14 bits per heavy atom. The van der Waals surface area contributed by atoms with Gasteiger partial charge in [-0.25, -0.2) is 0 Å². The standard InChI is InChI=1S/C12H26N2/c1-9(2)14(10(3)4)12-7-6-8-13-11(12)5/h9-13H,6-8H2,1-5H3. The average molecular weight is 198 g/mol. The minimum Gasteiger partial charge on any atom is -0.313 e. The van der Waals surface area contributed by atoms with Crippen LogP contribution in [0.25, 0.3) is 0 Å². The van der Waals surface area contributed by atoms with E-state index in [1.54, 1.807) is 0 Å². The van der Waals surface area contributed by atoms with Gasteiger partial charge < -0.3 is 5.32 Å². The van der Waals surface area contributed by atoms with Crippen LogP contribution in [0.1, 0.15) is 47.5 Å². The van der Waals surface area contributed by atoms with Crippen molar-refractivity contribution < 1.29 is 0 Å². The second-order valence-electron chi connectivity index (χ2n) is 5.09. The van der Waals surface area contributed by atoms with Gasteiger partial charge in [0.15, 0.2) is 0 Å². The van der Waals surface area contributed by atoms with Gasteiger partial charge in [0.05, 0.1) is 0 Å². The lowest BCUT2D eigenvalue weighted by Gasteiger charge is -2.43. The summed E-state index contributed by atoms with van der Waals surface area (Å²) < 4.78 is 0. The van der Waals surface area contributed by atoms with Gasteiger partial charge in [0, 0.05) is 24.2 Å².